The Morgan fingerprint density at radius 3 is 2.94 bits per heavy atom. The van der Waals surface area contributed by atoms with E-state index in [4.69, 9.17) is 16.9 Å². The Morgan fingerprint density at radius 2 is 2.28 bits per heavy atom. The summed E-state index contributed by atoms with van der Waals surface area (Å²) in [5.41, 5.74) is 2.37. The first-order chi connectivity index (χ1) is 8.61. The first-order valence-electron chi connectivity index (χ1n) is 5.54. The van der Waals surface area contributed by atoms with Gasteiger partial charge in [-0.25, -0.2) is 0 Å². The van der Waals surface area contributed by atoms with Crippen LogP contribution in [0, 0.1) is 18.3 Å². The molecule has 0 spiro atoms. The summed E-state index contributed by atoms with van der Waals surface area (Å²) in [4.78, 5) is 0. The van der Waals surface area contributed by atoms with Crippen molar-refractivity contribution in [2.45, 2.75) is 13.5 Å². The number of aryl methyl sites for hydroxylation is 2. The number of rotatable bonds is 3. The van der Waals surface area contributed by atoms with Crippen molar-refractivity contribution >= 4 is 17.4 Å². The molecule has 1 aromatic heterocycles. The number of halogens is 1. The van der Waals surface area contributed by atoms with E-state index in [2.05, 4.69) is 16.5 Å². The van der Waals surface area contributed by atoms with Crippen LogP contribution in [0.15, 0.2) is 24.3 Å². The lowest BCUT2D eigenvalue weighted by Crippen LogP contribution is -2.05. The van der Waals surface area contributed by atoms with Gasteiger partial charge >= 0.3 is 0 Å². The number of nitrogens with one attached hydrogen (secondary N) is 1. The van der Waals surface area contributed by atoms with Gasteiger partial charge in [-0.1, -0.05) is 23.7 Å². The van der Waals surface area contributed by atoms with E-state index in [1.165, 1.54) is 0 Å². The van der Waals surface area contributed by atoms with Crippen LogP contribution in [0.3, 0.4) is 0 Å². The number of benzene rings is 1. The molecule has 1 aromatic carbocycles. The van der Waals surface area contributed by atoms with E-state index in [1.807, 2.05) is 38.2 Å². The normalized spacial score (nSPS) is 10.1. The molecule has 0 atom stereocenters. The van der Waals surface area contributed by atoms with Crippen LogP contribution in [-0.2, 0) is 13.6 Å². The summed E-state index contributed by atoms with van der Waals surface area (Å²) in [7, 11) is 1.81. The molecular weight excluding hydrogens is 248 g/mol. The molecule has 1 heterocycles. The first-order valence-corrected chi connectivity index (χ1v) is 5.91. The molecule has 0 unspecified atom stereocenters. The predicted octanol–water partition coefficient (Wildman–Crippen LogP) is 2.87. The van der Waals surface area contributed by atoms with Crippen LogP contribution >= 0.6 is 11.6 Å². The number of aromatic nitrogens is 2. The van der Waals surface area contributed by atoms with Crippen molar-refractivity contribution in [3.05, 3.63) is 46.1 Å². The number of hydrogen-bond acceptors (Lipinski definition) is 3. The highest BCUT2D eigenvalue weighted by Gasteiger charge is 2.12. The summed E-state index contributed by atoms with van der Waals surface area (Å²) in [6.07, 6.45) is 0. The minimum absolute atomic E-state index is 0.583. The second kappa shape index (κ2) is 5.11. The van der Waals surface area contributed by atoms with Gasteiger partial charge in [-0.2, -0.15) is 10.4 Å². The summed E-state index contributed by atoms with van der Waals surface area (Å²) in [6.45, 7) is 2.43. The van der Waals surface area contributed by atoms with Gasteiger partial charge in [0.25, 0.3) is 0 Å². The lowest BCUT2D eigenvalue weighted by atomic mass is 10.2. The maximum absolute atomic E-state index is 9.09. The Balaban J connectivity index is 2.19. The van der Waals surface area contributed by atoms with Gasteiger partial charge < -0.3 is 5.32 Å². The standard InChI is InChI=1S/C13H13ClN4/c1-9-12(7-15)13(18(2)17-9)16-8-10-4-3-5-11(14)6-10/h3-6,16H,8H2,1-2H3. The average molecular weight is 261 g/mol. The number of nitrogens with zero attached hydrogens (tertiary/aromatic N) is 3. The fourth-order valence-corrected chi connectivity index (χ4v) is 2.04. The third-order valence-electron chi connectivity index (χ3n) is 2.68. The molecule has 0 fully saturated rings. The molecule has 2 rings (SSSR count). The second-order valence-electron chi connectivity index (χ2n) is 4.03. The van der Waals surface area contributed by atoms with E-state index in [0.29, 0.717) is 17.1 Å². The van der Waals surface area contributed by atoms with Gasteiger partial charge in [0.15, 0.2) is 0 Å². The Morgan fingerprint density at radius 1 is 1.50 bits per heavy atom. The summed E-state index contributed by atoms with van der Waals surface area (Å²) < 4.78 is 1.68. The SMILES string of the molecule is Cc1nn(C)c(NCc2cccc(Cl)c2)c1C#N. The maximum Gasteiger partial charge on any atom is 0.142 e. The van der Waals surface area contributed by atoms with Crippen molar-refractivity contribution in [1.29, 1.82) is 5.26 Å². The molecule has 0 aliphatic heterocycles. The Labute approximate surface area is 111 Å². The first kappa shape index (κ1) is 12.5. The third-order valence-corrected chi connectivity index (χ3v) is 2.92. The van der Waals surface area contributed by atoms with Crippen LogP contribution in [0.25, 0.3) is 0 Å². The quantitative estimate of drug-likeness (QED) is 0.923. The number of hydrogen-bond donors (Lipinski definition) is 1. The zero-order valence-corrected chi connectivity index (χ0v) is 11.0. The fraction of sp³-hybridized carbons (Fsp3) is 0.231. The molecule has 4 nitrogen and oxygen atoms in total. The molecular formula is C13H13ClN4. The van der Waals surface area contributed by atoms with Crippen molar-refractivity contribution in [3.63, 3.8) is 0 Å². The van der Waals surface area contributed by atoms with Gasteiger partial charge in [0.05, 0.1) is 5.69 Å². The second-order valence-corrected chi connectivity index (χ2v) is 4.46. The van der Waals surface area contributed by atoms with Crippen LogP contribution in [0.4, 0.5) is 5.82 Å². The van der Waals surface area contributed by atoms with Gasteiger partial charge in [0.1, 0.15) is 17.5 Å². The van der Waals surface area contributed by atoms with Crippen LogP contribution in [-0.4, -0.2) is 9.78 Å². The molecule has 0 bridgehead atoms. The van der Waals surface area contributed by atoms with E-state index in [9.17, 15) is 0 Å². The van der Waals surface area contributed by atoms with Gasteiger partial charge in [-0.3, -0.25) is 4.68 Å². The molecule has 18 heavy (non-hydrogen) atoms. The molecule has 0 radical (unpaired) electrons. The zero-order chi connectivity index (χ0) is 13.1. The van der Waals surface area contributed by atoms with Crippen molar-refractivity contribution in [1.82, 2.24) is 9.78 Å². The average Bonchev–Trinajstić information content (AvgIpc) is 2.60. The van der Waals surface area contributed by atoms with Gasteiger partial charge in [0.2, 0.25) is 0 Å². The molecule has 0 aliphatic carbocycles. The van der Waals surface area contributed by atoms with E-state index < -0.39 is 0 Å². The van der Waals surface area contributed by atoms with E-state index in [0.717, 1.165) is 17.1 Å². The van der Waals surface area contributed by atoms with Crippen molar-refractivity contribution < 1.29 is 0 Å². The summed E-state index contributed by atoms with van der Waals surface area (Å²) in [6, 6.07) is 9.77. The van der Waals surface area contributed by atoms with Crippen molar-refractivity contribution in [2.75, 3.05) is 5.32 Å². The summed E-state index contributed by atoms with van der Waals surface area (Å²) >= 11 is 5.92. The minimum Gasteiger partial charge on any atom is -0.365 e. The monoisotopic (exact) mass is 260 g/mol. The largest absolute Gasteiger partial charge is 0.365 e. The smallest absolute Gasteiger partial charge is 0.142 e. The van der Waals surface area contributed by atoms with Crippen molar-refractivity contribution in [3.8, 4) is 6.07 Å². The summed E-state index contributed by atoms with van der Waals surface area (Å²) in [5, 5.41) is 17.2. The lowest BCUT2D eigenvalue weighted by Gasteiger charge is -2.07. The molecule has 1 N–H and O–H groups in total. The zero-order valence-electron chi connectivity index (χ0n) is 10.2. The van der Waals surface area contributed by atoms with Gasteiger partial charge in [0, 0.05) is 18.6 Å². The molecule has 0 amide bonds. The Hall–Kier alpha value is -1.99. The van der Waals surface area contributed by atoms with Crippen LogP contribution < -0.4 is 5.32 Å². The highest BCUT2D eigenvalue weighted by Crippen LogP contribution is 2.19. The van der Waals surface area contributed by atoms with E-state index >= 15 is 0 Å². The lowest BCUT2D eigenvalue weighted by molar-refractivity contribution is 0.758. The number of nitriles is 1. The number of anilines is 1. The van der Waals surface area contributed by atoms with Crippen LogP contribution in [0.1, 0.15) is 16.8 Å². The maximum atomic E-state index is 9.09. The highest BCUT2D eigenvalue weighted by atomic mass is 35.5. The minimum atomic E-state index is 0.583. The van der Waals surface area contributed by atoms with Gasteiger partial charge in [-0.05, 0) is 24.6 Å². The molecule has 0 saturated carbocycles. The van der Waals surface area contributed by atoms with E-state index in [-0.39, 0.29) is 0 Å². The molecule has 2 aromatic rings. The van der Waals surface area contributed by atoms with Crippen molar-refractivity contribution in [2.24, 2.45) is 7.05 Å². The van der Waals surface area contributed by atoms with Crippen LogP contribution in [0.2, 0.25) is 5.02 Å². The predicted molar refractivity (Wildman–Crippen MR) is 71.4 cm³/mol. The van der Waals surface area contributed by atoms with E-state index in [1.54, 1.807) is 4.68 Å². The molecule has 0 saturated heterocycles. The fourth-order valence-electron chi connectivity index (χ4n) is 1.83. The Bertz CT molecular complexity index is 610. The molecule has 0 aliphatic rings. The third kappa shape index (κ3) is 2.47. The summed E-state index contributed by atoms with van der Waals surface area (Å²) in [5.74, 6) is 0.731. The molecule has 5 heteroatoms. The van der Waals surface area contributed by atoms with Gasteiger partial charge in [-0.15, -0.1) is 0 Å². The highest BCUT2D eigenvalue weighted by molar-refractivity contribution is 6.30. The molecule has 92 valence electrons. The van der Waals surface area contributed by atoms with Crippen LogP contribution in [0.5, 0.6) is 0 Å². The Kier molecular flexibility index (Phi) is 3.54. The topological polar surface area (TPSA) is 53.6 Å².